The van der Waals surface area contributed by atoms with E-state index in [-0.39, 0.29) is 11.8 Å². The van der Waals surface area contributed by atoms with E-state index >= 15 is 0 Å². The zero-order chi connectivity index (χ0) is 15.8. The third-order valence-electron chi connectivity index (χ3n) is 3.59. The van der Waals surface area contributed by atoms with Gasteiger partial charge in [-0.05, 0) is 51.5 Å². The number of esters is 1. The molecule has 4 heteroatoms. The molecular weight excluding hydrogens is 268 g/mol. The van der Waals surface area contributed by atoms with E-state index in [2.05, 4.69) is 4.74 Å². The van der Waals surface area contributed by atoms with E-state index in [9.17, 15) is 9.59 Å². The van der Waals surface area contributed by atoms with Crippen molar-refractivity contribution in [2.45, 2.75) is 38.9 Å². The number of methoxy groups -OCH3 is 1. The molecule has 1 aromatic carbocycles. The van der Waals surface area contributed by atoms with Gasteiger partial charge < -0.3 is 9.47 Å². The SMILES string of the molecule is COC(=O)c1ccc(C=C2C(=O)C(C)(C)OC2(C)C)cc1. The van der Waals surface area contributed by atoms with Crippen LogP contribution in [0.5, 0.6) is 0 Å². The summed E-state index contributed by atoms with van der Waals surface area (Å²) in [4.78, 5) is 23.8. The fourth-order valence-electron chi connectivity index (χ4n) is 2.58. The summed E-state index contributed by atoms with van der Waals surface area (Å²) in [5.41, 5.74) is 0.537. The van der Waals surface area contributed by atoms with Gasteiger partial charge in [0.25, 0.3) is 0 Å². The Labute approximate surface area is 124 Å². The highest BCUT2D eigenvalue weighted by Gasteiger charge is 2.49. The van der Waals surface area contributed by atoms with Crippen molar-refractivity contribution in [3.05, 3.63) is 41.0 Å². The fraction of sp³-hybridized carbons (Fsp3) is 0.412. The number of Topliss-reactive ketones (excluding diaryl/α,β-unsaturated/α-hetero) is 1. The van der Waals surface area contributed by atoms with Crippen LogP contribution in [0, 0.1) is 0 Å². The van der Waals surface area contributed by atoms with Crippen molar-refractivity contribution in [3.8, 4) is 0 Å². The third-order valence-corrected chi connectivity index (χ3v) is 3.59. The number of hydrogen-bond donors (Lipinski definition) is 0. The van der Waals surface area contributed by atoms with Crippen molar-refractivity contribution < 1.29 is 19.1 Å². The number of hydrogen-bond acceptors (Lipinski definition) is 4. The number of ketones is 1. The molecule has 0 amide bonds. The molecule has 0 aliphatic carbocycles. The Bertz CT molecular complexity index is 606. The molecule has 0 atom stereocenters. The van der Waals surface area contributed by atoms with Crippen LogP contribution >= 0.6 is 0 Å². The van der Waals surface area contributed by atoms with Crippen molar-refractivity contribution >= 4 is 17.8 Å². The molecule has 1 heterocycles. The van der Waals surface area contributed by atoms with Crippen LogP contribution in [-0.2, 0) is 14.3 Å². The summed E-state index contributed by atoms with van der Waals surface area (Å²) in [6.45, 7) is 7.32. The average Bonchev–Trinajstić information content (AvgIpc) is 2.57. The van der Waals surface area contributed by atoms with Gasteiger partial charge in [0.2, 0.25) is 0 Å². The van der Waals surface area contributed by atoms with E-state index in [4.69, 9.17) is 4.74 Å². The van der Waals surface area contributed by atoms with Gasteiger partial charge in [-0.2, -0.15) is 0 Å². The van der Waals surface area contributed by atoms with E-state index in [1.165, 1.54) is 7.11 Å². The number of ether oxygens (including phenoxy) is 2. The number of benzene rings is 1. The lowest BCUT2D eigenvalue weighted by Gasteiger charge is -2.22. The first-order valence-corrected chi connectivity index (χ1v) is 6.83. The number of carbonyl (C=O) groups is 2. The Morgan fingerprint density at radius 3 is 2.10 bits per heavy atom. The van der Waals surface area contributed by atoms with Crippen molar-refractivity contribution in [3.63, 3.8) is 0 Å². The first-order valence-electron chi connectivity index (χ1n) is 6.83. The molecule has 4 nitrogen and oxygen atoms in total. The largest absolute Gasteiger partial charge is 0.465 e. The summed E-state index contributed by atoms with van der Waals surface area (Å²) >= 11 is 0. The minimum Gasteiger partial charge on any atom is -0.465 e. The van der Waals surface area contributed by atoms with Gasteiger partial charge in [0.05, 0.1) is 18.3 Å². The highest BCUT2D eigenvalue weighted by molar-refractivity contribution is 6.08. The van der Waals surface area contributed by atoms with E-state index in [1.807, 2.05) is 19.9 Å². The molecule has 1 fully saturated rings. The fourth-order valence-corrected chi connectivity index (χ4v) is 2.58. The van der Waals surface area contributed by atoms with Gasteiger partial charge >= 0.3 is 5.97 Å². The number of carbonyl (C=O) groups excluding carboxylic acids is 2. The third kappa shape index (κ3) is 2.90. The van der Waals surface area contributed by atoms with Gasteiger partial charge in [0.1, 0.15) is 5.60 Å². The zero-order valence-electron chi connectivity index (χ0n) is 13.0. The summed E-state index contributed by atoms with van der Waals surface area (Å²) in [6.07, 6.45) is 1.82. The molecule has 1 saturated heterocycles. The molecule has 0 spiro atoms. The molecule has 0 saturated carbocycles. The summed E-state index contributed by atoms with van der Waals surface area (Å²) in [5.74, 6) is -0.388. The topological polar surface area (TPSA) is 52.6 Å². The van der Waals surface area contributed by atoms with Crippen LogP contribution in [0.25, 0.3) is 6.08 Å². The standard InChI is InChI=1S/C17H20O4/c1-16(2)13(14(18)17(3,4)21-16)10-11-6-8-12(9-7-11)15(19)20-5/h6-10H,1-5H3. The van der Waals surface area contributed by atoms with Gasteiger partial charge in [0, 0.05) is 5.57 Å². The maximum absolute atomic E-state index is 12.4. The second-order valence-electron chi connectivity index (χ2n) is 6.12. The van der Waals surface area contributed by atoms with E-state index < -0.39 is 11.2 Å². The lowest BCUT2D eigenvalue weighted by Crippen LogP contribution is -2.29. The molecule has 0 bridgehead atoms. The molecule has 1 aliphatic heterocycles. The molecule has 1 aliphatic rings. The highest BCUT2D eigenvalue weighted by Crippen LogP contribution is 2.39. The first kappa shape index (κ1) is 15.4. The Balaban J connectivity index is 2.35. The monoisotopic (exact) mass is 288 g/mol. The molecule has 21 heavy (non-hydrogen) atoms. The molecule has 112 valence electrons. The molecule has 0 radical (unpaired) electrons. The quantitative estimate of drug-likeness (QED) is 0.620. The van der Waals surface area contributed by atoms with Crippen LogP contribution in [0.4, 0.5) is 0 Å². The summed E-state index contributed by atoms with van der Waals surface area (Å²) in [5, 5.41) is 0. The Morgan fingerprint density at radius 2 is 1.67 bits per heavy atom. The molecular formula is C17H20O4. The maximum Gasteiger partial charge on any atom is 0.337 e. The van der Waals surface area contributed by atoms with Gasteiger partial charge in [-0.15, -0.1) is 0 Å². The van der Waals surface area contributed by atoms with Crippen LogP contribution in [-0.4, -0.2) is 30.1 Å². The van der Waals surface area contributed by atoms with Crippen LogP contribution in [0.1, 0.15) is 43.6 Å². The average molecular weight is 288 g/mol. The van der Waals surface area contributed by atoms with Crippen molar-refractivity contribution in [1.29, 1.82) is 0 Å². The van der Waals surface area contributed by atoms with Crippen LogP contribution in [0.15, 0.2) is 29.8 Å². The molecule has 0 N–H and O–H groups in total. The van der Waals surface area contributed by atoms with Crippen LogP contribution in [0.3, 0.4) is 0 Å². The minimum absolute atomic E-state index is 0.00968. The van der Waals surface area contributed by atoms with Crippen LogP contribution in [0.2, 0.25) is 0 Å². The van der Waals surface area contributed by atoms with E-state index in [0.717, 1.165) is 5.56 Å². The van der Waals surface area contributed by atoms with Crippen molar-refractivity contribution in [2.24, 2.45) is 0 Å². The maximum atomic E-state index is 12.4. The molecule has 2 rings (SSSR count). The van der Waals surface area contributed by atoms with Gasteiger partial charge in [0.15, 0.2) is 5.78 Å². The summed E-state index contributed by atoms with van der Waals surface area (Å²) in [6, 6.07) is 6.93. The normalized spacial score (nSPS) is 21.6. The molecule has 1 aromatic rings. The summed E-state index contributed by atoms with van der Waals surface area (Å²) in [7, 11) is 1.34. The van der Waals surface area contributed by atoms with Crippen molar-refractivity contribution in [1.82, 2.24) is 0 Å². The van der Waals surface area contributed by atoms with Gasteiger partial charge in [-0.25, -0.2) is 4.79 Å². The van der Waals surface area contributed by atoms with E-state index in [0.29, 0.717) is 11.1 Å². The van der Waals surface area contributed by atoms with E-state index in [1.54, 1.807) is 38.1 Å². The molecule has 0 unspecified atom stereocenters. The lowest BCUT2D eigenvalue weighted by atomic mass is 9.90. The second-order valence-corrected chi connectivity index (χ2v) is 6.12. The Morgan fingerprint density at radius 1 is 1.10 bits per heavy atom. The zero-order valence-corrected chi connectivity index (χ0v) is 13.0. The van der Waals surface area contributed by atoms with Gasteiger partial charge in [-0.1, -0.05) is 12.1 Å². The Hall–Kier alpha value is -1.94. The van der Waals surface area contributed by atoms with Crippen LogP contribution < -0.4 is 0 Å². The number of rotatable bonds is 2. The predicted octanol–water partition coefficient (Wildman–Crippen LogP) is 3.01. The van der Waals surface area contributed by atoms with Gasteiger partial charge in [-0.3, -0.25) is 4.79 Å². The predicted molar refractivity (Wildman–Crippen MR) is 80.0 cm³/mol. The van der Waals surface area contributed by atoms with Crippen molar-refractivity contribution in [2.75, 3.05) is 7.11 Å². The summed E-state index contributed by atoms with van der Waals surface area (Å²) < 4.78 is 10.5. The molecule has 0 aromatic heterocycles. The Kier molecular flexibility index (Phi) is 3.76. The smallest absolute Gasteiger partial charge is 0.337 e. The first-order chi connectivity index (χ1) is 9.67. The minimum atomic E-state index is -0.804. The lowest BCUT2D eigenvalue weighted by molar-refractivity contribution is -0.132. The second kappa shape index (κ2) is 5.11. The highest BCUT2D eigenvalue weighted by atomic mass is 16.5.